The van der Waals surface area contributed by atoms with E-state index in [0.29, 0.717) is 41.5 Å². The van der Waals surface area contributed by atoms with Gasteiger partial charge in [0.1, 0.15) is 11.4 Å². The number of nitrogens with zero attached hydrogens (tertiary/aromatic N) is 1. The molecule has 1 aromatic heterocycles. The number of nitrogens with one attached hydrogen (secondary N) is 1. The molecular weight excluding hydrogens is 431 g/mol. The van der Waals surface area contributed by atoms with Crippen molar-refractivity contribution in [2.45, 2.75) is 38.6 Å². The zero-order valence-electron chi connectivity index (χ0n) is 18.4. The topological polar surface area (TPSA) is 79.6 Å². The van der Waals surface area contributed by atoms with Gasteiger partial charge in [0, 0.05) is 30.6 Å². The van der Waals surface area contributed by atoms with Gasteiger partial charge in [0.2, 0.25) is 10.0 Å². The van der Waals surface area contributed by atoms with Crippen LogP contribution in [0.2, 0.25) is 0 Å². The highest BCUT2D eigenvalue weighted by molar-refractivity contribution is 7.89. The highest BCUT2D eigenvalue weighted by Gasteiger charge is 2.32. The van der Waals surface area contributed by atoms with Crippen LogP contribution < -0.4 is 5.32 Å². The maximum Gasteiger partial charge on any atom is 0.287 e. The van der Waals surface area contributed by atoms with E-state index in [-0.39, 0.29) is 23.0 Å². The molecule has 2 heterocycles. The van der Waals surface area contributed by atoms with Crippen LogP contribution >= 0.6 is 0 Å². The number of hydrogen-bond donors (Lipinski definition) is 1. The molecule has 6 nitrogen and oxygen atoms in total. The van der Waals surface area contributed by atoms with Gasteiger partial charge in [-0.25, -0.2) is 12.8 Å². The third-order valence-electron chi connectivity index (χ3n) is 5.95. The van der Waals surface area contributed by atoms with Crippen LogP contribution in [0.4, 0.5) is 4.39 Å². The van der Waals surface area contributed by atoms with Gasteiger partial charge in [-0.15, -0.1) is 0 Å². The van der Waals surface area contributed by atoms with E-state index in [2.05, 4.69) is 19.2 Å². The first-order valence-corrected chi connectivity index (χ1v) is 12.1. The van der Waals surface area contributed by atoms with Crippen LogP contribution in [0.1, 0.15) is 41.9 Å². The summed E-state index contributed by atoms with van der Waals surface area (Å²) in [5.74, 6) is 0.00376. The van der Waals surface area contributed by atoms with Gasteiger partial charge in [-0.2, -0.15) is 4.31 Å². The molecule has 1 aliphatic rings. The fourth-order valence-corrected chi connectivity index (χ4v) is 6.10. The maximum absolute atomic E-state index is 13.2. The molecule has 4 rings (SSSR count). The van der Waals surface area contributed by atoms with Crippen molar-refractivity contribution in [1.82, 2.24) is 9.62 Å². The van der Waals surface area contributed by atoms with Crippen LogP contribution in [-0.2, 0) is 16.6 Å². The number of benzene rings is 2. The summed E-state index contributed by atoms with van der Waals surface area (Å²) in [6.07, 6.45) is 1.02. The minimum atomic E-state index is -3.64. The molecule has 2 atom stereocenters. The number of sulfonamides is 1. The Morgan fingerprint density at radius 2 is 1.78 bits per heavy atom. The zero-order valence-corrected chi connectivity index (χ0v) is 19.2. The Balaban J connectivity index is 1.58. The zero-order chi connectivity index (χ0) is 23.0. The van der Waals surface area contributed by atoms with Crippen LogP contribution in [0, 0.1) is 24.6 Å². The summed E-state index contributed by atoms with van der Waals surface area (Å²) in [4.78, 5) is 12.9. The number of fused-ring (bicyclic) bond motifs is 1. The lowest BCUT2D eigenvalue weighted by molar-refractivity contribution is 0.0924. The smallest absolute Gasteiger partial charge is 0.287 e. The van der Waals surface area contributed by atoms with Gasteiger partial charge in [-0.05, 0) is 61.1 Å². The molecule has 0 aliphatic carbocycles. The minimum Gasteiger partial charge on any atom is -0.451 e. The summed E-state index contributed by atoms with van der Waals surface area (Å²) in [5, 5.41) is 3.35. The quantitative estimate of drug-likeness (QED) is 0.612. The van der Waals surface area contributed by atoms with Gasteiger partial charge in [0.15, 0.2) is 5.76 Å². The second-order valence-electron chi connectivity index (χ2n) is 8.79. The normalized spacial score (nSPS) is 19.9. The van der Waals surface area contributed by atoms with Crippen LogP contribution in [0.15, 0.2) is 51.8 Å². The Bertz CT molecular complexity index is 1240. The summed E-state index contributed by atoms with van der Waals surface area (Å²) in [6.45, 7) is 7.11. The lowest BCUT2D eigenvalue weighted by Gasteiger charge is -2.34. The molecule has 1 aliphatic heterocycles. The van der Waals surface area contributed by atoms with E-state index in [1.165, 1.54) is 18.2 Å². The number of rotatable bonds is 5. The number of amides is 1. The second kappa shape index (κ2) is 8.67. The second-order valence-corrected chi connectivity index (χ2v) is 10.7. The number of aryl methyl sites for hydroxylation is 1. The van der Waals surface area contributed by atoms with Crippen molar-refractivity contribution in [3.8, 4) is 0 Å². The van der Waals surface area contributed by atoms with Crippen LogP contribution in [0.3, 0.4) is 0 Å². The van der Waals surface area contributed by atoms with E-state index in [4.69, 9.17) is 4.42 Å². The van der Waals surface area contributed by atoms with E-state index >= 15 is 0 Å². The van der Waals surface area contributed by atoms with E-state index in [1.807, 2.05) is 0 Å². The third-order valence-corrected chi connectivity index (χ3v) is 7.78. The standard InChI is InChI=1S/C24H27FN2O4S/c1-15-10-16(2)14-27(13-15)32(29,30)20-8-9-22-21(11-20)17(3)23(31-22)24(28)26-12-18-4-6-19(25)7-5-18/h4-9,11,15-16H,10,12-14H2,1-3H3,(H,26,28)/t15-,16+. The first-order valence-electron chi connectivity index (χ1n) is 10.7. The summed E-state index contributed by atoms with van der Waals surface area (Å²) in [7, 11) is -3.64. The molecular formula is C24H27FN2O4S. The Morgan fingerprint density at radius 3 is 2.44 bits per heavy atom. The number of piperidine rings is 1. The van der Waals surface area contributed by atoms with Crippen molar-refractivity contribution in [1.29, 1.82) is 0 Å². The first kappa shape index (κ1) is 22.5. The minimum absolute atomic E-state index is 0.136. The SMILES string of the molecule is Cc1c(C(=O)NCc2ccc(F)cc2)oc2ccc(S(=O)(=O)N3C[C@H](C)C[C@H](C)C3)cc12. The van der Waals surface area contributed by atoms with E-state index in [9.17, 15) is 17.6 Å². The highest BCUT2D eigenvalue weighted by Crippen LogP contribution is 2.31. The molecule has 1 N–H and O–H groups in total. The number of carbonyl (C=O) groups excluding carboxylic acids is 1. The fraction of sp³-hybridized carbons (Fsp3) is 0.375. The van der Waals surface area contributed by atoms with Crippen molar-refractivity contribution in [2.24, 2.45) is 11.8 Å². The average Bonchev–Trinajstić information content (AvgIpc) is 3.08. The van der Waals surface area contributed by atoms with E-state index in [0.717, 1.165) is 12.0 Å². The van der Waals surface area contributed by atoms with Crippen molar-refractivity contribution >= 4 is 26.9 Å². The Morgan fingerprint density at radius 1 is 1.12 bits per heavy atom. The Hall–Kier alpha value is -2.71. The number of halogens is 1. The Labute approximate surface area is 187 Å². The van der Waals surface area contributed by atoms with Crippen LogP contribution in [0.25, 0.3) is 11.0 Å². The largest absolute Gasteiger partial charge is 0.451 e. The van der Waals surface area contributed by atoms with Crippen molar-refractivity contribution in [2.75, 3.05) is 13.1 Å². The molecule has 32 heavy (non-hydrogen) atoms. The van der Waals surface area contributed by atoms with Gasteiger partial charge >= 0.3 is 0 Å². The summed E-state index contributed by atoms with van der Waals surface area (Å²) in [5.41, 5.74) is 1.79. The van der Waals surface area contributed by atoms with Crippen molar-refractivity contribution in [3.63, 3.8) is 0 Å². The fourth-order valence-electron chi connectivity index (χ4n) is 4.39. The predicted molar refractivity (Wildman–Crippen MR) is 120 cm³/mol. The highest BCUT2D eigenvalue weighted by atomic mass is 32.2. The molecule has 170 valence electrons. The molecule has 0 bridgehead atoms. The molecule has 3 aromatic rings. The van der Waals surface area contributed by atoms with Gasteiger partial charge < -0.3 is 9.73 Å². The number of hydrogen-bond acceptors (Lipinski definition) is 4. The molecule has 1 amide bonds. The molecule has 1 fully saturated rings. The van der Waals surface area contributed by atoms with Gasteiger partial charge in [-0.1, -0.05) is 26.0 Å². The van der Waals surface area contributed by atoms with Crippen LogP contribution in [-0.4, -0.2) is 31.7 Å². The van der Waals surface area contributed by atoms with Gasteiger partial charge in [0.05, 0.1) is 4.90 Å². The van der Waals surface area contributed by atoms with Gasteiger partial charge in [-0.3, -0.25) is 4.79 Å². The molecule has 0 radical (unpaired) electrons. The molecule has 0 saturated carbocycles. The van der Waals surface area contributed by atoms with Crippen LogP contribution in [0.5, 0.6) is 0 Å². The van der Waals surface area contributed by atoms with E-state index in [1.54, 1.807) is 35.5 Å². The van der Waals surface area contributed by atoms with Crippen molar-refractivity contribution in [3.05, 3.63) is 65.2 Å². The third kappa shape index (κ3) is 4.42. The van der Waals surface area contributed by atoms with E-state index < -0.39 is 15.9 Å². The number of furan rings is 1. The molecule has 2 aromatic carbocycles. The lowest BCUT2D eigenvalue weighted by Crippen LogP contribution is -2.42. The maximum atomic E-state index is 13.2. The summed E-state index contributed by atoms with van der Waals surface area (Å²) < 4.78 is 46.8. The first-order chi connectivity index (χ1) is 15.1. The molecule has 8 heteroatoms. The summed E-state index contributed by atoms with van der Waals surface area (Å²) in [6, 6.07) is 10.6. The molecule has 0 spiro atoms. The van der Waals surface area contributed by atoms with Gasteiger partial charge in [0.25, 0.3) is 5.91 Å². The summed E-state index contributed by atoms with van der Waals surface area (Å²) >= 11 is 0. The lowest BCUT2D eigenvalue weighted by atomic mass is 9.94. The molecule has 0 unspecified atom stereocenters. The molecule has 1 saturated heterocycles. The average molecular weight is 459 g/mol. The number of carbonyl (C=O) groups is 1. The Kier molecular flexibility index (Phi) is 6.09. The van der Waals surface area contributed by atoms with Crippen molar-refractivity contribution < 1.29 is 22.0 Å². The predicted octanol–water partition coefficient (Wildman–Crippen LogP) is 4.48. The monoisotopic (exact) mass is 458 g/mol.